The van der Waals surface area contributed by atoms with E-state index < -0.39 is 0 Å². The number of amides is 1. The van der Waals surface area contributed by atoms with Gasteiger partial charge in [-0.3, -0.25) is 4.79 Å². The third kappa shape index (κ3) is 3.06. The fourth-order valence-corrected chi connectivity index (χ4v) is 2.73. The Kier molecular flexibility index (Phi) is 4.44. The zero-order valence-electron chi connectivity index (χ0n) is 14.3. The van der Waals surface area contributed by atoms with Crippen LogP contribution in [0.3, 0.4) is 0 Å². The Morgan fingerprint density at radius 3 is 2.64 bits per heavy atom. The quantitative estimate of drug-likeness (QED) is 0.731. The molecule has 7 heteroatoms. The number of aromatic nitrogens is 4. The largest absolute Gasteiger partial charge is 0.329 e. The van der Waals surface area contributed by atoms with E-state index in [0.717, 1.165) is 11.3 Å². The molecule has 2 heterocycles. The van der Waals surface area contributed by atoms with Crippen LogP contribution in [0, 0.1) is 18.3 Å². The lowest BCUT2D eigenvalue weighted by Crippen LogP contribution is -2.34. The van der Waals surface area contributed by atoms with Crippen LogP contribution >= 0.6 is 0 Å². The summed E-state index contributed by atoms with van der Waals surface area (Å²) in [5.41, 5.74) is 2.40. The molecule has 0 aliphatic heterocycles. The normalized spacial score (nSPS) is 11.9. The molecule has 0 saturated carbocycles. The van der Waals surface area contributed by atoms with E-state index >= 15 is 0 Å². The Morgan fingerprint density at radius 1 is 1.32 bits per heavy atom. The van der Waals surface area contributed by atoms with E-state index in [9.17, 15) is 4.79 Å². The summed E-state index contributed by atoms with van der Waals surface area (Å²) in [7, 11) is 0. The second-order valence-electron chi connectivity index (χ2n) is 5.73. The molecule has 0 radical (unpaired) electrons. The van der Waals surface area contributed by atoms with Crippen molar-refractivity contribution in [1.29, 1.82) is 5.26 Å². The van der Waals surface area contributed by atoms with Crippen LogP contribution in [0.1, 0.15) is 47.3 Å². The fraction of sp³-hybridized carbons (Fsp3) is 0.278. The topological polar surface area (TPSA) is 87.2 Å². The number of aryl methyl sites for hydroxylation is 1. The van der Waals surface area contributed by atoms with Crippen LogP contribution in [0.5, 0.6) is 0 Å². The molecule has 0 aliphatic rings. The van der Waals surface area contributed by atoms with Crippen molar-refractivity contribution in [2.75, 3.05) is 6.54 Å². The molecule has 1 atom stereocenters. The van der Waals surface area contributed by atoms with Crippen LogP contribution in [0.2, 0.25) is 0 Å². The minimum Gasteiger partial charge on any atom is -0.329 e. The van der Waals surface area contributed by atoms with Crippen molar-refractivity contribution in [3.63, 3.8) is 0 Å². The standard InChI is InChI=1S/C18H18N6O/c1-4-23(13(3)15-7-5-14(11-19)6-8-15)17(25)16-21-18-20-10-9-12(2)24(18)22-16/h5-10,13H,4H2,1-3H3. The van der Waals surface area contributed by atoms with Crippen molar-refractivity contribution in [1.82, 2.24) is 24.5 Å². The van der Waals surface area contributed by atoms with Crippen LogP contribution in [0.15, 0.2) is 36.5 Å². The lowest BCUT2D eigenvalue weighted by atomic mass is 10.0. The lowest BCUT2D eigenvalue weighted by Gasteiger charge is -2.27. The molecule has 3 rings (SSSR count). The number of nitriles is 1. The van der Waals surface area contributed by atoms with Gasteiger partial charge in [0.1, 0.15) is 0 Å². The Balaban J connectivity index is 1.91. The Morgan fingerprint density at radius 2 is 2.04 bits per heavy atom. The molecule has 0 saturated heterocycles. The predicted molar refractivity (Wildman–Crippen MR) is 91.8 cm³/mol. The van der Waals surface area contributed by atoms with Gasteiger partial charge in [0, 0.05) is 18.4 Å². The molecule has 25 heavy (non-hydrogen) atoms. The van der Waals surface area contributed by atoms with Gasteiger partial charge in [0.15, 0.2) is 0 Å². The summed E-state index contributed by atoms with van der Waals surface area (Å²) in [5.74, 6) is 0.291. The molecule has 0 bridgehead atoms. The van der Waals surface area contributed by atoms with Crippen molar-refractivity contribution in [2.45, 2.75) is 26.8 Å². The van der Waals surface area contributed by atoms with E-state index in [1.807, 2.05) is 39.0 Å². The third-order valence-electron chi connectivity index (χ3n) is 4.21. The van der Waals surface area contributed by atoms with Gasteiger partial charge >= 0.3 is 0 Å². The monoisotopic (exact) mass is 334 g/mol. The first-order valence-corrected chi connectivity index (χ1v) is 8.04. The van der Waals surface area contributed by atoms with E-state index in [4.69, 9.17) is 5.26 Å². The Hall–Kier alpha value is -3.27. The molecule has 1 amide bonds. The van der Waals surface area contributed by atoms with Crippen LogP contribution in [0.4, 0.5) is 0 Å². The summed E-state index contributed by atoms with van der Waals surface area (Å²) in [5, 5.41) is 13.2. The summed E-state index contributed by atoms with van der Waals surface area (Å²) in [6.07, 6.45) is 1.64. The first-order chi connectivity index (χ1) is 12.0. The SMILES string of the molecule is CCN(C(=O)c1nc2nccc(C)n2n1)C(C)c1ccc(C#N)cc1. The number of hydrogen-bond acceptors (Lipinski definition) is 5. The Labute approximate surface area is 145 Å². The predicted octanol–water partition coefficient (Wildman–Crippen LogP) is 2.53. The maximum atomic E-state index is 12.9. The maximum absolute atomic E-state index is 12.9. The van der Waals surface area contributed by atoms with Crippen molar-refractivity contribution >= 4 is 11.7 Å². The van der Waals surface area contributed by atoms with E-state index in [2.05, 4.69) is 21.1 Å². The number of fused-ring (bicyclic) bond motifs is 1. The molecular weight excluding hydrogens is 316 g/mol. The van der Waals surface area contributed by atoms with Gasteiger partial charge in [0.25, 0.3) is 11.7 Å². The van der Waals surface area contributed by atoms with E-state index in [-0.39, 0.29) is 17.8 Å². The zero-order chi connectivity index (χ0) is 18.0. The average molecular weight is 334 g/mol. The van der Waals surface area contributed by atoms with Gasteiger partial charge in [-0.2, -0.15) is 10.2 Å². The fourth-order valence-electron chi connectivity index (χ4n) is 2.73. The molecule has 0 spiro atoms. The summed E-state index contributed by atoms with van der Waals surface area (Å²) < 4.78 is 1.56. The van der Waals surface area contributed by atoms with Gasteiger partial charge in [0.05, 0.1) is 17.7 Å². The number of carbonyl (C=O) groups excluding carboxylic acids is 1. The lowest BCUT2D eigenvalue weighted by molar-refractivity contribution is 0.0690. The third-order valence-corrected chi connectivity index (χ3v) is 4.21. The zero-order valence-corrected chi connectivity index (χ0v) is 14.3. The second kappa shape index (κ2) is 6.69. The van der Waals surface area contributed by atoms with Crippen molar-refractivity contribution in [2.24, 2.45) is 0 Å². The van der Waals surface area contributed by atoms with E-state index in [0.29, 0.717) is 17.9 Å². The highest BCUT2D eigenvalue weighted by Crippen LogP contribution is 2.22. The first kappa shape index (κ1) is 16.6. The van der Waals surface area contributed by atoms with Crippen molar-refractivity contribution < 1.29 is 4.79 Å². The first-order valence-electron chi connectivity index (χ1n) is 8.04. The Bertz CT molecular complexity index is 954. The van der Waals surface area contributed by atoms with E-state index in [1.165, 1.54) is 0 Å². The molecule has 0 N–H and O–H groups in total. The van der Waals surface area contributed by atoms with Crippen LogP contribution in [0.25, 0.3) is 5.78 Å². The molecule has 0 fully saturated rings. The van der Waals surface area contributed by atoms with Gasteiger partial charge in [-0.05, 0) is 44.5 Å². The average Bonchev–Trinajstić information content (AvgIpc) is 3.08. The number of rotatable bonds is 4. The van der Waals surface area contributed by atoms with Crippen LogP contribution in [-0.4, -0.2) is 36.9 Å². The molecule has 1 unspecified atom stereocenters. The van der Waals surface area contributed by atoms with Gasteiger partial charge < -0.3 is 4.90 Å². The van der Waals surface area contributed by atoms with Crippen LogP contribution < -0.4 is 0 Å². The highest BCUT2D eigenvalue weighted by Gasteiger charge is 2.25. The van der Waals surface area contributed by atoms with Crippen molar-refractivity contribution in [3.8, 4) is 6.07 Å². The van der Waals surface area contributed by atoms with Gasteiger partial charge in [0.2, 0.25) is 5.82 Å². The number of nitrogens with zero attached hydrogens (tertiary/aromatic N) is 6. The number of benzene rings is 1. The minimum atomic E-state index is -0.246. The molecule has 7 nitrogen and oxygen atoms in total. The van der Waals surface area contributed by atoms with E-state index in [1.54, 1.807) is 27.7 Å². The molecule has 3 aromatic rings. The van der Waals surface area contributed by atoms with Gasteiger partial charge in [-0.25, -0.2) is 9.50 Å². The summed E-state index contributed by atoms with van der Waals surface area (Å²) in [4.78, 5) is 23.0. The number of carbonyl (C=O) groups is 1. The summed E-state index contributed by atoms with van der Waals surface area (Å²) >= 11 is 0. The molecule has 1 aromatic carbocycles. The molecular formula is C18H18N6O. The summed E-state index contributed by atoms with van der Waals surface area (Å²) in [6, 6.07) is 11.0. The molecule has 126 valence electrons. The number of hydrogen-bond donors (Lipinski definition) is 0. The van der Waals surface area contributed by atoms with Gasteiger partial charge in [-0.1, -0.05) is 12.1 Å². The minimum absolute atomic E-state index is 0.129. The molecule has 0 aliphatic carbocycles. The molecule has 2 aromatic heterocycles. The highest BCUT2D eigenvalue weighted by atomic mass is 16.2. The second-order valence-corrected chi connectivity index (χ2v) is 5.73. The van der Waals surface area contributed by atoms with Crippen molar-refractivity contribution in [3.05, 3.63) is 59.2 Å². The smallest absolute Gasteiger partial charge is 0.294 e. The van der Waals surface area contributed by atoms with Crippen LogP contribution in [-0.2, 0) is 0 Å². The highest BCUT2D eigenvalue weighted by molar-refractivity contribution is 5.91. The van der Waals surface area contributed by atoms with Gasteiger partial charge in [-0.15, -0.1) is 5.10 Å². The summed E-state index contributed by atoms with van der Waals surface area (Å²) in [6.45, 7) is 6.26. The maximum Gasteiger partial charge on any atom is 0.294 e.